The van der Waals surface area contributed by atoms with Crippen LogP contribution < -0.4 is 10.2 Å². The molecule has 3 unspecified atom stereocenters. The summed E-state index contributed by atoms with van der Waals surface area (Å²) in [5, 5.41) is 8.79. The molecule has 2 aliphatic rings. The number of nitrogens with one attached hydrogen (secondary N) is 1. The second kappa shape index (κ2) is 7.63. The maximum Gasteiger partial charge on any atom is 0.274 e. The van der Waals surface area contributed by atoms with Crippen molar-refractivity contribution in [3.05, 3.63) is 29.3 Å². The monoisotopic (exact) mass is 362 g/mol. The second-order valence-electron chi connectivity index (χ2n) is 7.36. The quantitative estimate of drug-likeness (QED) is 0.634. The van der Waals surface area contributed by atoms with E-state index in [2.05, 4.69) is 13.8 Å². The zero-order valence-electron chi connectivity index (χ0n) is 15.4. The number of amides is 2. The highest BCUT2D eigenvalue weighted by molar-refractivity contribution is 5.93. The predicted octanol–water partition coefficient (Wildman–Crippen LogP) is 1.98. The number of rotatable bonds is 3. The van der Waals surface area contributed by atoms with Crippen LogP contribution in [0.1, 0.15) is 43.1 Å². The van der Waals surface area contributed by atoms with Gasteiger partial charge in [0.1, 0.15) is 12.4 Å². The lowest BCUT2D eigenvalue weighted by Gasteiger charge is -2.31. The summed E-state index contributed by atoms with van der Waals surface area (Å²) < 4.78 is 11.6. The molecule has 0 bridgehead atoms. The molecule has 1 fully saturated rings. The van der Waals surface area contributed by atoms with E-state index >= 15 is 0 Å². The van der Waals surface area contributed by atoms with E-state index in [0.717, 1.165) is 12.0 Å². The van der Waals surface area contributed by atoms with Crippen molar-refractivity contribution in [3.63, 3.8) is 0 Å². The number of hydrogen-bond donors (Lipinski definition) is 2. The molecule has 0 radical (unpaired) electrons. The van der Waals surface area contributed by atoms with Gasteiger partial charge in [-0.2, -0.15) is 0 Å². The fourth-order valence-electron chi connectivity index (χ4n) is 3.71. The van der Waals surface area contributed by atoms with Gasteiger partial charge in [-0.3, -0.25) is 14.8 Å². The molecular weight excluding hydrogens is 336 g/mol. The largest absolute Gasteiger partial charge is 0.491 e. The van der Waals surface area contributed by atoms with Crippen molar-refractivity contribution in [3.8, 4) is 5.75 Å². The number of ether oxygens (including phenoxy) is 2. The molecule has 7 heteroatoms. The number of hydrogen-bond acceptors (Lipinski definition) is 5. The van der Waals surface area contributed by atoms with E-state index < -0.39 is 5.91 Å². The van der Waals surface area contributed by atoms with Crippen molar-refractivity contribution >= 4 is 11.8 Å². The molecular formula is C19H26N2O5. The predicted molar refractivity (Wildman–Crippen MR) is 93.9 cm³/mol. The Morgan fingerprint density at radius 3 is 2.81 bits per heavy atom. The molecule has 3 rings (SSSR count). The molecule has 0 aliphatic carbocycles. The first-order chi connectivity index (χ1) is 12.4. The maximum atomic E-state index is 13.2. The van der Waals surface area contributed by atoms with Crippen molar-refractivity contribution in [2.45, 2.75) is 45.9 Å². The zero-order chi connectivity index (χ0) is 18.8. The number of carbonyl (C=O) groups is 2. The highest BCUT2D eigenvalue weighted by Gasteiger charge is 2.40. The first-order valence-electron chi connectivity index (χ1n) is 9.04. The Kier molecular flexibility index (Phi) is 5.48. The van der Waals surface area contributed by atoms with Gasteiger partial charge in [0.2, 0.25) is 5.91 Å². The van der Waals surface area contributed by atoms with Crippen LogP contribution in [-0.2, 0) is 16.1 Å². The molecule has 0 saturated carbocycles. The minimum absolute atomic E-state index is 0.0473. The number of hydroxylamine groups is 1. The summed E-state index contributed by atoms with van der Waals surface area (Å²) in [6.45, 7) is 7.52. The molecule has 1 saturated heterocycles. The van der Waals surface area contributed by atoms with Crippen LogP contribution in [-0.4, -0.2) is 47.3 Å². The second-order valence-corrected chi connectivity index (χ2v) is 7.36. The van der Waals surface area contributed by atoms with Gasteiger partial charge in [-0.1, -0.05) is 19.9 Å². The molecule has 7 nitrogen and oxygen atoms in total. The van der Waals surface area contributed by atoms with Crippen LogP contribution >= 0.6 is 0 Å². The van der Waals surface area contributed by atoms with Gasteiger partial charge >= 0.3 is 0 Å². The Hall–Kier alpha value is -2.12. The highest BCUT2D eigenvalue weighted by Crippen LogP contribution is 2.32. The van der Waals surface area contributed by atoms with Crippen molar-refractivity contribution in [2.75, 3.05) is 13.2 Å². The van der Waals surface area contributed by atoms with Crippen LogP contribution in [0.4, 0.5) is 0 Å². The van der Waals surface area contributed by atoms with Crippen molar-refractivity contribution in [2.24, 2.45) is 11.8 Å². The first-order valence-corrected chi connectivity index (χ1v) is 9.04. The molecule has 0 spiro atoms. The lowest BCUT2D eigenvalue weighted by molar-refractivity contribution is -0.141. The summed E-state index contributed by atoms with van der Waals surface area (Å²) in [5.74, 6) is 0.235. The van der Waals surface area contributed by atoms with Crippen LogP contribution in [0.2, 0.25) is 0 Å². The average molecular weight is 362 g/mol. The lowest BCUT2D eigenvalue weighted by atomic mass is 9.91. The Morgan fingerprint density at radius 2 is 2.12 bits per heavy atom. The molecule has 2 heterocycles. The lowest BCUT2D eigenvalue weighted by Crippen LogP contribution is -2.45. The van der Waals surface area contributed by atoms with Crippen molar-refractivity contribution in [1.29, 1.82) is 0 Å². The topological polar surface area (TPSA) is 88.1 Å². The van der Waals surface area contributed by atoms with Gasteiger partial charge in [-0.05, 0) is 31.4 Å². The maximum absolute atomic E-state index is 13.2. The number of fused-ring (bicyclic) bond motifs is 1. The van der Waals surface area contributed by atoms with Gasteiger partial charge in [-0.25, -0.2) is 5.48 Å². The van der Waals surface area contributed by atoms with Gasteiger partial charge in [0, 0.05) is 24.3 Å². The number of nitrogens with zero attached hydrogens (tertiary/aromatic N) is 1. The summed E-state index contributed by atoms with van der Waals surface area (Å²) in [5.41, 5.74) is 2.77. The van der Waals surface area contributed by atoms with Gasteiger partial charge in [-0.15, -0.1) is 0 Å². The minimum atomic E-state index is -0.593. The molecule has 2 amide bonds. The van der Waals surface area contributed by atoms with Gasteiger partial charge in [0.05, 0.1) is 18.1 Å². The first kappa shape index (κ1) is 18.7. The van der Waals surface area contributed by atoms with Crippen molar-refractivity contribution < 1.29 is 24.3 Å². The summed E-state index contributed by atoms with van der Waals surface area (Å²) in [4.78, 5) is 26.7. The molecule has 0 aromatic heterocycles. The van der Waals surface area contributed by atoms with E-state index in [1.54, 1.807) is 23.7 Å². The van der Waals surface area contributed by atoms with E-state index in [0.29, 0.717) is 31.1 Å². The van der Waals surface area contributed by atoms with Crippen LogP contribution in [0, 0.1) is 11.8 Å². The Labute approximate surface area is 153 Å². The van der Waals surface area contributed by atoms with Crippen LogP contribution in [0.25, 0.3) is 0 Å². The third-order valence-corrected chi connectivity index (χ3v) is 5.18. The van der Waals surface area contributed by atoms with Crippen LogP contribution in [0.3, 0.4) is 0 Å². The van der Waals surface area contributed by atoms with Gasteiger partial charge in [0.15, 0.2) is 0 Å². The Bertz CT molecular complexity index is 691. The molecule has 2 aliphatic heterocycles. The summed E-state index contributed by atoms with van der Waals surface area (Å²) in [7, 11) is 0. The zero-order valence-corrected chi connectivity index (χ0v) is 15.4. The van der Waals surface area contributed by atoms with Crippen LogP contribution in [0.5, 0.6) is 5.75 Å². The van der Waals surface area contributed by atoms with E-state index in [4.69, 9.17) is 14.7 Å². The van der Waals surface area contributed by atoms with Gasteiger partial charge < -0.3 is 14.4 Å². The third kappa shape index (κ3) is 3.54. The number of benzene rings is 1. The van der Waals surface area contributed by atoms with E-state index in [1.165, 1.54) is 0 Å². The highest BCUT2D eigenvalue weighted by atomic mass is 16.5. The number of carbonyl (C=O) groups excluding carboxylic acids is 2. The summed E-state index contributed by atoms with van der Waals surface area (Å²) >= 11 is 0. The summed E-state index contributed by atoms with van der Waals surface area (Å²) in [6, 6.07) is 4.89. The van der Waals surface area contributed by atoms with Gasteiger partial charge in [0.25, 0.3) is 5.91 Å². The Balaban J connectivity index is 1.83. The SMILES string of the molecule is CC(C)C1OCCC1C(=O)N1Cc2ccc(C(=O)NO)cc2OCC1C. The van der Waals surface area contributed by atoms with Crippen molar-refractivity contribution in [1.82, 2.24) is 10.4 Å². The van der Waals surface area contributed by atoms with E-state index in [9.17, 15) is 9.59 Å². The molecule has 2 N–H and O–H groups in total. The normalized spacial score (nSPS) is 25.4. The molecule has 1 aromatic carbocycles. The molecule has 3 atom stereocenters. The average Bonchev–Trinajstić information content (AvgIpc) is 3.07. The fraction of sp³-hybridized carbons (Fsp3) is 0.579. The molecule has 142 valence electrons. The van der Waals surface area contributed by atoms with Crippen LogP contribution in [0.15, 0.2) is 18.2 Å². The fourth-order valence-corrected chi connectivity index (χ4v) is 3.71. The van der Waals surface area contributed by atoms with E-state index in [1.807, 2.05) is 11.8 Å². The third-order valence-electron chi connectivity index (χ3n) is 5.18. The molecule has 26 heavy (non-hydrogen) atoms. The Morgan fingerprint density at radius 1 is 1.35 bits per heavy atom. The van der Waals surface area contributed by atoms with E-state index in [-0.39, 0.29) is 29.9 Å². The standard InChI is InChI=1S/C19H26N2O5/c1-11(2)17-15(6-7-25-17)19(23)21-9-14-5-4-13(18(22)20-24)8-16(14)26-10-12(21)3/h4-5,8,11-12,15,17,24H,6-7,9-10H2,1-3H3,(H,20,22). The smallest absolute Gasteiger partial charge is 0.274 e. The summed E-state index contributed by atoms with van der Waals surface area (Å²) in [6.07, 6.45) is 0.697. The minimum Gasteiger partial charge on any atom is -0.491 e. The molecule has 1 aromatic rings.